The lowest BCUT2D eigenvalue weighted by Gasteiger charge is -2.39. The molecule has 152 valence electrons. The molecule has 3 rings (SSSR count). The van der Waals surface area contributed by atoms with Crippen LogP contribution in [0.1, 0.15) is 51.4 Å². The number of hydrogen-bond acceptors (Lipinski definition) is 3. The lowest BCUT2D eigenvalue weighted by atomic mass is 9.75. The molecule has 0 unspecified atom stereocenters. The summed E-state index contributed by atoms with van der Waals surface area (Å²) in [7, 11) is -3.77. The maximum absolute atomic E-state index is 14.4. The molecular weight excluding hydrogens is 374 g/mol. The third kappa shape index (κ3) is 4.40. The van der Waals surface area contributed by atoms with Crippen LogP contribution >= 0.6 is 7.37 Å². The van der Waals surface area contributed by atoms with Crippen LogP contribution in [0.25, 0.3) is 0 Å². The molecule has 0 aliphatic heterocycles. The van der Waals surface area contributed by atoms with E-state index >= 15 is 0 Å². The summed E-state index contributed by atoms with van der Waals surface area (Å²) in [6, 6.07) is 14.7. The van der Waals surface area contributed by atoms with Crippen molar-refractivity contribution in [2.45, 2.75) is 52.0 Å². The van der Waals surface area contributed by atoms with Gasteiger partial charge < -0.3 is 9.63 Å². The monoisotopic (exact) mass is 404 g/mol. The molecule has 0 saturated heterocycles. The van der Waals surface area contributed by atoms with E-state index in [2.05, 4.69) is 20.8 Å². The second kappa shape index (κ2) is 8.90. The largest absolute Gasteiger partial charge is 0.378 e. The molecule has 0 amide bonds. The Morgan fingerprint density at radius 1 is 1.07 bits per heavy atom. The molecule has 2 aromatic rings. The lowest BCUT2D eigenvalue weighted by Crippen LogP contribution is -2.35. The molecule has 1 N–H and O–H groups in total. The number of aliphatic hydroxyl groups excluding tert-OH is 1. The molecule has 2 aromatic carbocycles. The molecule has 1 saturated carbocycles. The topological polar surface area (TPSA) is 46.5 Å². The van der Waals surface area contributed by atoms with Crippen molar-refractivity contribution >= 4 is 12.7 Å². The highest BCUT2D eigenvalue weighted by atomic mass is 31.2. The van der Waals surface area contributed by atoms with Gasteiger partial charge in [-0.25, -0.2) is 4.39 Å². The van der Waals surface area contributed by atoms with Gasteiger partial charge in [-0.3, -0.25) is 4.57 Å². The minimum atomic E-state index is -3.77. The molecule has 1 fully saturated rings. The molecule has 1 aliphatic carbocycles. The first-order chi connectivity index (χ1) is 13.3. The number of benzene rings is 2. The third-order valence-corrected chi connectivity index (χ3v) is 8.40. The lowest BCUT2D eigenvalue weighted by molar-refractivity contribution is 0.0425. The SMILES string of the molecule is CC(C)[C@H]1CC[C@@H](C)C[C@H]1O[P@@](=O)(c1ccccc1)[C@H](O)c1ccccc1F. The Bertz CT molecular complexity index is 824. The summed E-state index contributed by atoms with van der Waals surface area (Å²) in [6.45, 7) is 6.48. The van der Waals surface area contributed by atoms with E-state index in [-0.39, 0.29) is 17.6 Å². The smallest absolute Gasteiger partial charge is 0.264 e. The molecule has 5 atom stereocenters. The maximum atomic E-state index is 14.4. The average molecular weight is 404 g/mol. The van der Waals surface area contributed by atoms with Gasteiger partial charge in [-0.05, 0) is 48.8 Å². The summed E-state index contributed by atoms with van der Waals surface area (Å²) in [6.07, 6.45) is 2.70. The summed E-state index contributed by atoms with van der Waals surface area (Å²) in [4.78, 5) is 0. The fourth-order valence-corrected chi connectivity index (χ4v) is 6.53. The van der Waals surface area contributed by atoms with Crippen LogP contribution in [0.3, 0.4) is 0 Å². The van der Waals surface area contributed by atoms with E-state index in [1.165, 1.54) is 12.1 Å². The van der Waals surface area contributed by atoms with Gasteiger partial charge in [0.2, 0.25) is 0 Å². The fraction of sp³-hybridized carbons (Fsp3) is 0.478. The van der Waals surface area contributed by atoms with Gasteiger partial charge in [-0.2, -0.15) is 0 Å². The van der Waals surface area contributed by atoms with Gasteiger partial charge in [0, 0.05) is 10.9 Å². The zero-order chi connectivity index (χ0) is 20.3. The Morgan fingerprint density at radius 2 is 1.71 bits per heavy atom. The van der Waals surface area contributed by atoms with Crippen LogP contribution in [0.4, 0.5) is 4.39 Å². The summed E-state index contributed by atoms with van der Waals surface area (Å²) >= 11 is 0. The zero-order valence-corrected chi connectivity index (χ0v) is 17.7. The van der Waals surface area contributed by atoms with Crippen LogP contribution in [0, 0.1) is 23.6 Å². The number of hydrogen-bond donors (Lipinski definition) is 1. The van der Waals surface area contributed by atoms with E-state index in [1.807, 2.05) is 6.07 Å². The van der Waals surface area contributed by atoms with Crippen molar-refractivity contribution in [1.82, 2.24) is 0 Å². The van der Waals surface area contributed by atoms with Crippen molar-refractivity contribution < 1.29 is 18.6 Å². The van der Waals surface area contributed by atoms with E-state index < -0.39 is 19.0 Å². The second-order valence-corrected chi connectivity index (χ2v) is 10.7. The minimum absolute atomic E-state index is 0.0136. The standard InChI is InChI=1S/C23H30FO3P/c1-16(2)19-14-13-17(3)15-22(19)27-28(26,18-9-5-4-6-10-18)23(25)20-11-7-8-12-21(20)24/h4-12,16-17,19,22-23,25H,13-15H2,1-3H3/t17-,19-,22-,23+,28+/m1/s1. The van der Waals surface area contributed by atoms with Gasteiger partial charge >= 0.3 is 0 Å². The summed E-state index contributed by atoms with van der Waals surface area (Å²) in [5.74, 6) is -1.00. The molecule has 28 heavy (non-hydrogen) atoms. The van der Waals surface area contributed by atoms with Crippen molar-refractivity contribution in [3.63, 3.8) is 0 Å². The van der Waals surface area contributed by atoms with Gasteiger partial charge in [0.05, 0.1) is 6.10 Å². The molecule has 0 heterocycles. The normalized spacial score (nSPS) is 26.0. The molecular formula is C23H30FO3P. The van der Waals surface area contributed by atoms with Crippen LogP contribution in [-0.4, -0.2) is 11.2 Å². The van der Waals surface area contributed by atoms with Crippen LogP contribution in [-0.2, 0) is 9.09 Å². The first-order valence-electron chi connectivity index (χ1n) is 10.1. The Balaban J connectivity index is 2.02. The van der Waals surface area contributed by atoms with Crippen LogP contribution < -0.4 is 5.30 Å². The maximum Gasteiger partial charge on any atom is 0.264 e. The van der Waals surface area contributed by atoms with E-state index in [1.54, 1.807) is 36.4 Å². The van der Waals surface area contributed by atoms with Crippen molar-refractivity contribution in [3.05, 3.63) is 66.0 Å². The van der Waals surface area contributed by atoms with Crippen LogP contribution in [0.15, 0.2) is 54.6 Å². The van der Waals surface area contributed by atoms with Gasteiger partial charge in [0.15, 0.2) is 5.85 Å². The third-order valence-electron chi connectivity index (χ3n) is 5.87. The highest BCUT2D eigenvalue weighted by molar-refractivity contribution is 7.67. The summed E-state index contributed by atoms with van der Waals surface area (Å²) < 4.78 is 34.9. The van der Waals surface area contributed by atoms with Crippen LogP contribution in [0.5, 0.6) is 0 Å². The van der Waals surface area contributed by atoms with Crippen molar-refractivity contribution in [1.29, 1.82) is 0 Å². The van der Waals surface area contributed by atoms with Crippen molar-refractivity contribution in [3.8, 4) is 0 Å². The summed E-state index contributed by atoms with van der Waals surface area (Å²) in [5.41, 5.74) is 0.0136. The highest BCUT2D eigenvalue weighted by Crippen LogP contribution is 2.60. The zero-order valence-electron chi connectivity index (χ0n) is 16.8. The molecule has 0 bridgehead atoms. The number of aliphatic hydroxyl groups is 1. The van der Waals surface area contributed by atoms with Crippen molar-refractivity contribution in [2.75, 3.05) is 0 Å². The van der Waals surface area contributed by atoms with Gasteiger partial charge in [-0.1, -0.05) is 63.6 Å². The Hall–Kier alpha value is -1.48. The van der Waals surface area contributed by atoms with Gasteiger partial charge in [0.25, 0.3) is 7.37 Å². The predicted molar refractivity (Wildman–Crippen MR) is 111 cm³/mol. The first kappa shape index (κ1) is 21.2. The molecule has 5 heteroatoms. The minimum Gasteiger partial charge on any atom is -0.378 e. The Morgan fingerprint density at radius 3 is 2.36 bits per heavy atom. The Labute approximate surface area is 167 Å². The van der Waals surface area contributed by atoms with E-state index in [9.17, 15) is 14.1 Å². The highest BCUT2D eigenvalue weighted by Gasteiger charge is 2.43. The van der Waals surface area contributed by atoms with Gasteiger partial charge in [-0.15, -0.1) is 0 Å². The molecule has 0 spiro atoms. The number of halogens is 1. The van der Waals surface area contributed by atoms with E-state index in [4.69, 9.17) is 4.52 Å². The van der Waals surface area contributed by atoms with E-state index in [0.717, 1.165) is 19.3 Å². The quantitative estimate of drug-likeness (QED) is 0.610. The fourth-order valence-electron chi connectivity index (χ4n) is 4.20. The molecule has 0 aromatic heterocycles. The molecule has 3 nitrogen and oxygen atoms in total. The Kier molecular flexibility index (Phi) is 6.75. The van der Waals surface area contributed by atoms with Crippen molar-refractivity contribution in [2.24, 2.45) is 17.8 Å². The van der Waals surface area contributed by atoms with Crippen LogP contribution in [0.2, 0.25) is 0 Å². The summed E-state index contributed by atoms with van der Waals surface area (Å²) in [5, 5.41) is 11.5. The van der Waals surface area contributed by atoms with Gasteiger partial charge in [0.1, 0.15) is 5.82 Å². The average Bonchev–Trinajstić information content (AvgIpc) is 2.68. The van der Waals surface area contributed by atoms with E-state index in [0.29, 0.717) is 17.1 Å². The second-order valence-electron chi connectivity index (χ2n) is 8.30. The first-order valence-corrected chi connectivity index (χ1v) is 11.8. The number of rotatable bonds is 6. The predicted octanol–water partition coefficient (Wildman–Crippen LogP) is 5.90. The molecule has 1 aliphatic rings. The molecule has 0 radical (unpaired) electrons.